The van der Waals surface area contributed by atoms with Gasteiger partial charge in [-0.25, -0.2) is 8.78 Å². The van der Waals surface area contributed by atoms with Gasteiger partial charge in [-0.3, -0.25) is 0 Å². The Kier molecular flexibility index (Phi) is 3.04. The molecule has 1 rings (SSSR count). The molecule has 0 aliphatic rings. The molecular weight excluding hydrogens is 186 g/mol. The zero-order valence-corrected chi connectivity index (χ0v) is 7.14. The fourth-order valence-electron chi connectivity index (χ4n) is 0.919. The lowest BCUT2D eigenvalue weighted by molar-refractivity contribution is 0.509. The number of halogens is 2. The SMILES string of the molecule is C#CCNc1ccc(C#N)c(F)c1F. The summed E-state index contributed by atoms with van der Waals surface area (Å²) in [5.41, 5.74) is -0.367. The number of nitrogens with one attached hydrogen (secondary N) is 1. The Morgan fingerprint density at radius 1 is 1.36 bits per heavy atom. The van der Waals surface area contributed by atoms with Crippen molar-refractivity contribution in [3.8, 4) is 18.4 Å². The van der Waals surface area contributed by atoms with Gasteiger partial charge in [-0.15, -0.1) is 6.42 Å². The molecule has 0 spiro atoms. The summed E-state index contributed by atoms with van der Waals surface area (Å²) in [5, 5.41) is 10.9. The van der Waals surface area contributed by atoms with E-state index in [9.17, 15) is 8.78 Å². The van der Waals surface area contributed by atoms with Gasteiger partial charge < -0.3 is 5.32 Å². The van der Waals surface area contributed by atoms with E-state index in [1.54, 1.807) is 0 Å². The van der Waals surface area contributed by atoms with Crippen LogP contribution in [0.25, 0.3) is 0 Å². The molecule has 0 aliphatic carbocycles. The third-order valence-corrected chi connectivity index (χ3v) is 1.58. The first-order chi connectivity index (χ1) is 6.70. The third kappa shape index (κ3) is 1.81. The van der Waals surface area contributed by atoms with E-state index in [1.165, 1.54) is 18.2 Å². The predicted octanol–water partition coefficient (Wildman–Crippen LogP) is 1.88. The molecule has 0 radical (unpaired) electrons. The quantitative estimate of drug-likeness (QED) is 0.726. The van der Waals surface area contributed by atoms with E-state index in [4.69, 9.17) is 11.7 Å². The molecule has 0 amide bonds. The molecular formula is C10H6F2N2. The van der Waals surface area contributed by atoms with E-state index in [0.717, 1.165) is 0 Å². The number of hydrogen-bond acceptors (Lipinski definition) is 2. The molecule has 0 unspecified atom stereocenters. The molecule has 0 aliphatic heterocycles. The summed E-state index contributed by atoms with van der Waals surface area (Å²) >= 11 is 0. The first-order valence-electron chi connectivity index (χ1n) is 3.76. The molecule has 0 aromatic heterocycles. The van der Waals surface area contributed by atoms with Crippen LogP contribution in [0.5, 0.6) is 0 Å². The number of terminal acetylenes is 1. The van der Waals surface area contributed by atoms with Crippen LogP contribution in [0.4, 0.5) is 14.5 Å². The summed E-state index contributed by atoms with van der Waals surface area (Å²) in [5.74, 6) is -0.0156. The number of hydrogen-bond donors (Lipinski definition) is 1. The van der Waals surface area contributed by atoms with Crippen LogP contribution in [0.2, 0.25) is 0 Å². The highest BCUT2D eigenvalue weighted by atomic mass is 19.2. The van der Waals surface area contributed by atoms with Crippen LogP contribution in [0.1, 0.15) is 5.56 Å². The summed E-state index contributed by atoms with van der Waals surface area (Å²) < 4.78 is 26.1. The fourth-order valence-corrected chi connectivity index (χ4v) is 0.919. The summed E-state index contributed by atoms with van der Waals surface area (Å²) in [6.07, 6.45) is 4.94. The van der Waals surface area contributed by atoms with Gasteiger partial charge in [0, 0.05) is 0 Å². The summed E-state index contributed by atoms with van der Waals surface area (Å²) in [6.45, 7) is 0.0995. The Balaban J connectivity index is 3.07. The van der Waals surface area contributed by atoms with Gasteiger partial charge in [0.15, 0.2) is 11.6 Å². The zero-order valence-electron chi connectivity index (χ0n) is 7.14. The van der Waals surface area contributed by atoms with Gasteiger partial charge >= 0.3 is 0 Å². The Morgan fingerprint density at radius 3 is 2.64 bits per heavy atom. The largest absolute Gasteiger partial charge is 0.372 e. The summed E-state index contributed by atoms with van der Waals surface area (Å²) in [7, 11) is 0. The minimum absolute atomic E-state index is 0.0422. The maximum Gasteiger partial charge on any atom is 0.183 e. The lowest BCUT2D eigenvalue weighted by atomic mass is 10.2. The second kappa shape index (κ2) is 4.25. The molecule has 70 valence electrons. The van der Waals surface area contributed by atoms with Crippen LogP contribution in [0.3, 0.4) is 0 Å². The Labute approximate surface area is 80.2 Å². The third-order valence-electron chi connectivity index (χ3n) is 1.58. The smallest absolute Gasteiger partial charge is 0.183 e. The zero-order chi connectivity index (χ0) is 10.6. The minimum Gasteiger partial charge on any atom is -0.372 e. The first kappa shape index (κ1) is 10.0. The van der Waals surface area contributed by atoms with Gasteiger partial charge in [0.05, 0.1) is 17.8 Å². The fraction of sp³-hybridized carbons (Fsp3) is 0.100. The number of nitriles is 1. The molecule has 14 heavy (non-hydrogen) atoms. The molecule has 1 N–H and O–H groups in total. The maximum atomic E-state index is 13.1. The highest BCUT2D eigenvalue weighted by Gasteiger charge is 2.12. The molecule has 0 fully saturated rings. The maximum absolute atomic E-state index is 13.1. The number of rotatable bonds is 2. The van der Waals surface area contributed by atoms with Crippen molar-refractivity contribution in [2.45, 2.75) is 0 Å². The lowest BCUT2D eigenvalue weighted by Gasteiger charge is -2.04. The Morgan fingerprint density at radius 2 is 2.07 bits per heavy atom. The van der Waals surface area contributed by atoms with Crippen molar-refractivity contribution >= 4 is 5.69 Å². The average molecular weight is 192 g/mol. The van der Waals surface area contributed by atoms with Crippen LogP contribution in [-0.2, 0) is 0 Å². The van der Waals surface area contributed by atoms with Crippen molar-refractivity contribution in [2.24, 2.45) is 0 Å². The van der Waals surface area contributed by atoms with E-state index >= 15 is 0 Å². The topological polar surface area (TPSA) is 35.8 Å². The van der Waals surface area contributed by atoms with E-state index in [-0.39, 0.29) is 17.8 Å². The van der Waals surface area contributed by atoms with Crippen LogP contribution in [0, 0.1) is 35.3 Å². The van der Waals surface area contributed by atoms with Crippen molar-refractivity contribution in [1.29, 1.82) is 5.26 Å². The van der Waals surface area contributed by atoms with Crippen molar-refractivity contribution in [1.82, 2.24) is 0 Å². The summed E-state index contributed by atoms with van der Waals surface area (Å²) in [6, 6.07) is 4.00. The molecule has 0 saturated heterocycles. The number of nitrogens with zero attached hydrogens (tertiary/aromatic N) is 1. The molecule has 0 saturated carbocycles. The van der Waals surface area contributed by atoms with Gasteiger partial charge in [0.1, 0.15) is 6.07 Å². The molecule has 1 aromatic rings. The van der Waals surface area contributed by atoms with E-state index < -0.39 is 11.6 Å². The van der Waals surface area contributed by atoms with E-state index in [2.05, 4.69) is 11.2 Å². The first-order valence-corrected chi connectivity index (χ1v) is 3.76. The highest BCUT2D eigenvalue weighted by Crippen LogP contribution is 2.19. The minimum atomic E-state index is -1.16. The molecule has 2 nitrogen and oxygen atoms in total. The Bertz CT molecular complexity index is 427. The van der Waals surface area contributed by atoms with Crippen LogP contribution >= 0.6 is 0 Å². The van der Waals surface area contributed by atoms with Crippen molar-refractivity contribution in [2.75, 3.05) is 11.9 Å². The van der Waals surface area contributed by atoms with Crippen molar-refractivity contribution < 1.29 is 8.78 Å². The van der Waals surface area contributed by atoms with Gasteiger partial charge in [-0.2, -0.15) is 5.26 Å². The van der Waals surface area contributed by atoms with Gasteiger partial charge in [0.25, 0.3) is 0 Å². The number of benzene rings is 1. The molecule has 4 heteroatoms. The average Bonchev–Trinajstić information content (AvgIpc) is 2.20. The van der Waals surface area contributed by atoms with Crippen LogP contribution in [-0.4, -0.2) is 6.54 Å². The normalized spacial score (nSPS) is 8.86. The van der Waals surface area contributed by atoms with Gasteiger partial charge in [0.2, 0.25) is 0 Å². The second-order valence-electron chi connectivity index (χ2n) is 2.46. The summed E-state index contributed by atoms with van der Waals surface area (Å²) in [4.78, 5) is 0. The highest BCUT2D eigenvalue weighted by molar-refractivity contribution is 5.50. The van der Waals surface area contributed by atoms with E-state index in [0.29, 0.717) is 0 Å². The van der Waals surface area contributed by atoms with Crippen molar-refractivity contribution in [3.05, 3.63) is 29.3 Å². The predicted molar refractivity (Wildman–Crippen MR) is 48.4 cm³/mol. The molecule has 1 aromatic carbocycles. The standard InChI is InChI=1S/C10H6F2N2/c1-2-5-14-8-4-3-7(6-13)9(11)10(8)12/h1,3-4,14H,5H2. The molecule has 0 heterocycles. The number of anilines is 1. The van der Waals surface area contributed by atoms with E-state index in [1.807, 2.05) is 0 Å². The Hall–Kier alpha value is -2.07. The van der Waals surface area contributed by atoms with Gasteiger partial charge in [-0.05, 0) is 12.1 Å². The van der Waals surface area contributed by atoms with Crippen LogP contribution in [0.15, 0.2) is 12.1 Å². The van der Waals surface area contributed by atoms with Crippen molar-refractivity contribution in [3.63, 3.8) is 0 Å². The molecule has 0 atom stereocenters. The second-order valence-corrected chi connectivity index (χ2v) is 2.46. The van der Waals surface area contributed by atoms with Crippen LogP contribution < -0.4 is 5.32 Å². The molecule has 0 bridgehead atoms. The lowest BCUT2D eigenvalue weighted by Crippen LogP contribution is -2.03. The van der Waals surface area contributed by atoms with Gasteiger partial charge in [-0.1, -0.05) is 5.92 Å². The monoisotopic (exact) mass is 192 g/mol.